The highest BCUT2D eigenvalue weighted by atomic mass is 35.5. The van der Waals surface area contributed by atoms with Crippen LogP contribution < -0.4 is 10.6 Å². The van der Waals surface area contributed by atoms with Gasteiger partial charge in [0.1, 0.15) is 0 Å². The Balaban J connectivity index is 1.46. The zero-order valence-corrected chi connectivity index (χ0v) is 18.6. The van der Waals surface area contributed by atoms with Gasteiger partial charge in [-0.05, 0) is 87.6 Å². The van der Waals surface area contributed by atoms with Crippen LogP contribution in [0.3, 0.4) is 0 Å². The Hall–Kier alpha value is -1.30. The third-order valence-corrected chi connectivity index (χ3v) is 6.64. The van der Waals surface area contributed by atoms with E-state index in [1.165, 1.54) is 17.5 Å². The number of urea groups is 1. The number of ether oxygens (including phenoxy) is 1. The first-order valence-corrected chi connectivity index (χ1v) is 11.5. The van der Waals surface area contributed by atoms with Crippen LogP contribution in [0, 0.1) is 18.8 Å². The fourth-order valence-corrected chi connectivity index (χ4v) is 4.80. The van der Waals surface area contributed by atoms with Gasteiger partial charge in [-0.25, -0.2) is 4.79 Å². The van der Waals surface area contributed by atoms with Crippen LogP contribution in [0.4, 0.5) is 4.79 Å². The molecule has 5 nitrogen and oxygen atoms in total. The molecule has 2 aliphatic rings. The smallest absolute Gasteiger partial charge is 0.317 e. The molecular formula is C23H36ClN3O2. The first-order chi connectivity index (χ1) is 14.0. The summed E-state index contributed by atoms with van der Waals surface area (Å²) in [4.78, 5) is 14.8. The summed E-state index contributed by atoms with van der Waals surface area (Å²) in [6, 6.07) is 6.46. The van der Waals surface area contributed by atoms with Crippen molar-refractivity contribution < 1.29 is 9.53 Å². The largest absolute Gasteiger partial charge is 0.381 e. The van der Waals surface area contributed by atoms with E-state index in [2.05, 4.69) is 29.7 Å². The Morgan fingerprint density at radius 1 is 1.31 bits per heavy atom. The highest BCUT2D eigenvalue weighted by Crippen LogP contribution is 2.24. The van der Waals surface area contributed by atoms with Crippen LogP contribution in [0.25, 0.3) is 0 Å². The Morgan fingerprint density at radius 2 is 2.14 bits per heavy atom. The third-order valence-electron chi connectivity index (χ3n) is 6.41. The van der Waals surface area contributed by atoms with E-state index in [9.17, 15) is 4.79 Å². The zero-order valence-electron chi connectivity index (χ0n) is 17.9. The number of halogens is 1. The molecule has 2 fully saturated rings. The summed E-state index contributed by atoms with van der Waals surface area (Å²) >= 11 is 6.18. The average molecular weight is 422 g/mol. The molecule has 1 aromatic rings. The van der Waals surface area contributed by atoms with Crippen molar-refractivity contribution in [2.75, 3.05) is 39.9 Å². The molecule has 2 N–H and O–H groups in total. The van der Waals surface area contributed by atoms with E-state index < -0.39 is 0 Å². The highest BCUT2D eigenvalue weighted by molar-refractivity contribution is 6.30. The molecule has 0 spiro atoms. The lowest BCUT2D eigenvalue weighted by molar-refractivity contribution is 0.0479. The fourth-order valence-electron chi connectivity index (χ4n) is 4.61. The van der Waals surface area contributed by atoms with E-state index in [-0.39, 0.29) is 6.03 Å². The summed E-state index contributed by atoms with van der Waals surface area (Å²) in [7, 11) is 1.98. The van der Waals surface area contributed by atoms with Gasteiger partial charge in [0.15, 0.2) is 0 Å². The number of rotatable bonds is 7. The third kappa shape index (κ3) is 6.87. The monoisotopic (exact) mass is 421 g/mol. The molecule has 29 heavy (non-hydrogen) atoms. The van der Waals surface area contributed by atoms with Gasteiger partial charge in [0.05, 0.1) is 0 Å². The van der Waals surface area contributed by atoms with Crippen LogP contribution in [0.5, 0.6) is 0 Å². The highest BCUT2D eigenvalue weighted by Gasteiger charge is 2.25. The number of hydrogen-bond donors (Lipinski definition) is 2. The molecule has 3 rings (SSSR count). The molecule has 2 heterocycles. The van der Waals surface area contributed by atoms with Crippen molar-refractivity contribution in [3.05, 3.63) is 34.3 Å². The lowest BCUT2D eigenvalue weighted by Gasteiger charge is -2.34. The Bertz CT molecular complexity index is 664. The fraction of sp³-hybridized carbons (Fsp3) is 0.696. The topological polar surface area (TPSA) is 53.6 Å². The van der Waals surface area contributed by atoms with Gasteiger partial charge in [0, 0.05) is 43.9 Å². The number of nitrogens with zero attached hydrogens (tertiary/aromatic N) is 1. The summed E-state index contributed by atoms with van der Waals surface area (Å²) in [6.45, 7) is 6.20. The minimum atomic E-state index is 0.0673. The summed E-state index contributed by atoms with van der Waals surface area (Å²) in [5.41, 5.74) is 2.58. The summed E-state index contributed by atoms with van der Waals surface area (Å²) in [6.07, 6.45) is 6.63. The molecule has 2 amide bonds. The molecule has 1 aromatic carbocycles. The summed E-state index contributed by atoms with van der Waals surface area (Å²) in [5, 5.41) is 7.31. The molecule has 0 aliphatic carbocycles. The number of hydrogen-bond acceptors (Lipinski definition) is 3. The maximum absolute atomic E-state index is 12.8. The van der Waals surface area contributed by atoms with Crippen LogP contribution in [-0.4, -0.2) is 56.9 Å². The van der Waals surface area contributed by atoms with Crippen molar-refractivity contribution in [1.29, 1.82) is 0 Å². The van der Waals surface area contributed by atoms with E-state index in [0.717, 1.165) is 63.4 Å². The molecule has 0 saturated carbocycles. The van der Waals surface area contributed by atoms with Crippen molar-refractivity contribution in [3.63, 3.8) is 0 Å². The lowest BCUT2D eigenvalue weighted by atomic mass is 9.90. The van der Waals surface area contributed by atoms with E-state index >= 15 is 0 Å². The minimum absolute atomic E-state index is 0.0673. The molecule has 0 unspecified atom stereocenters. The van der Waals surface area contributed by atoms with Gasteiger partial charge < -0.3 is 20.3 Å². The molecule has 6 heteroatoms. The quantitative estimate of drug-likeness (QED) is 0.699. The Morgan fingerprint density at radius 3 is 2.90 bits per heavy atom. The summed E-state index contributed by atoms with van der Waals surface area (Å²) in [5.74, 6) is 1.09. The van der Waals surface area contributed by atoms with E-state index in [4.69, 9.17) is 16.3 Å². The number of carbonyl (C=O) groups excluding carboxylic acids is 1. The molecule has 162 valence electrons. The lowest BCUT2D eigenvalue weighted by Crippen LogP contribution is -2.49. The SMILES string of the molecule is CN[C@H](CNC(=O)N1CCC[C@@H](Cc2cc(Cl)ccc2C)C1)C[C@H]1CCCOC1. The second-order valence-electron chi connectivity index (χ2n) is 8.72. The maximum Gasteiger partial charge on any atom is 0.317 e. The number of carbonyl (C=O) groups is 1. The second kappa shape index (κ2) is 11.2. The molecule has 0 bridgehead atoms. The number of likely N-dealkylation sites (tertiary alicyclic amines) is 1. The number of aryl methyl sites for hydroxylation is 1. The summed E-state index contributed by atoms with van der Waals surface area (Å²) < 4.78 is 5.59. The Labute approximate surface area is 180 Å². The predicted molar refractivity (Wildman–Crippen MR) is 119 cm³/mol. The van der Waals surface area contributed by atoms with Crippen LogP contribution >= 0.6 is 11.6 Å². The first-order valence-electron chi connectivity index (χ1n) is 11.1. The van der Waals surface area contributed by atoms with E-state index in [1.807, 2.05) is 18.0 Å². The van der Waals surface area contributed by atoms with Crippen molar-refractivity contribution in [2.24, 2.45) is 11.8 Å². The van der Waals surface area contributed by atoms with Crippen molar-refractivity contribution in [3.8, 4) is 0 Å². The molecule has 3 atom stereocenters. The number of likely N-dealkylation sites (N-methyl/N-ethyl adjacent to an activating group) is 1. The second-order valence-corrected chi connectivity index (χ2v) is 9.16. The molecule has 2 aliphatic heterocycles. The first kappa shape index (κ1) is 22.4. The van der Waals surface area contributed by atoms with Crippen molar-refractivity contribution in [2.45, 2.75) is 51.5 Å². The normalized spacial score (nSPS) is 23.6. The molecule has 2 saturated heterocycles. The predicted octanol–water partition coefficient (Wildman–Crippen LogP) is 4.02. The van der Waals surface area contributed by atoms with Crippen molar-refractivity contribution >= 4 is 17.6 Å². The van der Waals surface area contributed by atoms with Crippen LogP contribution in [0.2, 0.25) is 5.02 Å². The maximum atomic E-state index is 12.8. The van der Waals surface area contributed by atoms with Crippen LogP contribution in [0.1, 0.15) is 43.2 Å². The number of benzene rings is 1. The number of nitrogens with one attached hydrogen (secondary N) is 2. The standard InChI is InChI=1S/C23H36ClN3O2/c1-17-7-8-21(24)13-20(17)11-18-5-3-9-27(15-18)23(28)26-14-22(25-2)12-19-6-4-10-29-16-19/h7-8,13,18-19,22,25H,3-6,9-12,14-16H2,1-2H3,(H,26,28)/t18-,19+,22-/m0/s1. The van der Waals surface area contributed by atoms with Gasteiger partial charge in [0.2, 0.25) is 0 Å². The molecular weight excluding hydrogens is 386 g/mol. The van der Waals surface area contributed by atoms with Gasteiger partial charge in [-0.2, -0.15) is 0 Å². The van der Waals surface area contributed by atoms with Gasteiger partial charge in [0.25, 0.3) is 0 Å². The van der Waals surface area contributed by atoms with Crippen LogP contribution in [-0.2, 0) is 11.2 Å². The van der Waals surface area contributed by atoms with Gasteiger partial charge in [-0.15, -0.1) is 0 Å². The minimum Gasteiger partial charge on any atom is -0.381 e. The van der Waals surface area contributed by atoms with Gasteiger partial charge in [-0.1, -0.05) is 17.7 Å². The van der Waals surface area contributed by atoms with Crippen LogP contribution in [0.15, 0.2) is 18.2 Å². The molecule has 0 radical (unpaired) electrons. The van der Waals surface area contributed by atoms with E-state index in [1.54, 1.807) is 0 Å². The van der Waals surface area contributed by atoms with Gasteiger partial charge in [-0.3, -0.25) is 0 Å². The average Bonchev–Trinajstić information content (AvgIpc) is 2.74. The Kier molecular flexibility index (Phi) is 8.64. The zero-order chi connectivity index (χ0) is 20.6. The molecule has 0 aromatic heterocycles. The van der Waals surface area contributed by atoms with Crippen molar-refractivity contribution in [1.82, 2.24) is 15.5 Å². The van der Waals surface area contributed by atoms with E-state index in [0.29, 0.717) is 24.4 Å². The van der Waals surface area contributed by atoms with Gasteiger partial charge >= 0.3 is 6.03 Å². The number of amides is 2. The number of piperidine rings is 1.